The van der Waals surface area contributed by atoms with Crippen molar-refractivity contribution in [3.05, 3.63) is 40.5 Å². The van der Waals surface area contributed by atoms with Gasteiger partial charge in [-0.15, -0.1) is 0 Å². The van der Waals surface area contributed by atoms with Gasteiger partial charge < -0.3 is 29.4 Å². The number of nitrogens with two attached hydrogens (primary N) is 1. The van der Waals surface area contributed by atoms with Crippen LogP contribution < -0.4 is 19.9 Å². The first-order valence-electron chi connectivity index (χ1n) is 9.49. The van der Waals surface area contributed by atoms with Crippen molar-refractivity contribution in [1.82, 2.24) is 0 Å². The summed E-state index contributed by atoms with van der Waals surface area (Å²) in [5, 5.41) is 0. The van der Waals surface area contributed by atoms with Crippen molar-refractivity contribution in [2.75, 3.05) is 28.4 Å². The number of carbonyl (C=O) groups excluding carboxylic acids is 2. The maximum absolute atomic E-state index is 13.2. The van der Waals surface area contributed by atoms with Gasteiger partial charge in [0.15, 0.2) is 17.3 Å². The highest BCUT2D eigenvalue weighted by Gasteiger charge is 2.46. The number of methoxy groups -OCH3 is 4. The largest absolute Gasteiger partial charge is 0.496 e. The molecule has 30 heavy (non-hydrogen) atoms. The zero-order valence-electron chi connectivity index (χ0n) is 18.1. The van der Waals surface area contributed by atoms with E-state index in [-0.39, 0.29) is 22.7 Å². The Balaban J connectivity index is 2.31. The monoisotopic (exact) mass is 417 g/mol. The number of ketones is 1. The fourth-order valence-corrected chi connectivity index (χ4v) is 4.08. The molecule has 1 unspecified atom stereocenters. The molecule has 162 valence electrons. The number of ether oxygens (including phenoxy) is 5. The summed E-state index contributed by atoms with van der Waals surface area (Å²) in [6.07, 6.45) is 0.824. The average molecular weight is 417 g/mol. The molecule has 1 aliphatic heterocycles. The van der Waals surface area contributed by atoms with E-state index >= 15 is 0 Å². The van der Waals surface area contributed by atoms with Gasteiger partial charge in [0.1, 0.15) is 17.1 Å². The number of rotatable bonds is 5. The molecule has 0 radical (unpaired) electrons. The van der Waals surface area contributed by atoms with Crippen molar-refractivity contribution in [1.29, 1.82) is 0 Å². The Morgan fingerprint density at radius 2 is 1.63 bits per heavy atom. The van der Waals surface area contributed by atoms with Gasteiger partial charge in [-0.3, -0.25) is 4.79 Å². The third-order valence-electron chi connectivity index (χ3n) is 5.41. The molecule has 0 fully saturated rings. The summed E-state index contributed by atoms with van der Waals surface area (Å²) < 4.78 is 27.1. The Morgan fingerprint density at radius 3 is 2.20 bits per heavy atom. The number of esters is 1. The van der Waals surface area contributed by atoms with Gasteiger partial charge in [0.2, 0.25) is 5.88 Å². The minimum Gasteiger partial charge on any atom is -0.496 e. The molecule has 8 nitrogen and oxygen atoms in total. The van der Waals surface area contributed by atoms with Crippen LogP contribution in [0.2, 0.25) is 0 Å². The third kappa shape index (κ3) is 3.58. The second-order valence-electron chi connectivity index (χ2n) is 8.03. The van der Waals surface area contributed by atoms with E-state index in [4.69, 9.17) is 29.4 Å². The molecule has 3 rings (SSSR count). The Hall–Kier alpha value is -3.16. The van der Waals surface area contributed by atoms with Crippen LogP contribution in [0.4, 0.5) is 0 Å². The number of hydrogen-bond donors (Lipinski definition) is 1. The zero-order valence-corrected chi connectivity index (χ0v) is 18.1. The summed E-state index contributed by atoms with van der Waals surface area (Å²) in [5.41, 5.74) is 6.83. The molecule has 2 N–H and O–H groups in total. The summed E-state index contributed by atoms with van der Waals surface area (Å²) >= 11 is 0. The van der Waals surface area contributed by atoms with Crippen molar-refractivity contribution < 1.29 is 33.3 Å². The van der Waals surface area contributed by atoms with Crippen LogP contribution in [0, 0.1) is 5.41 Å². The molecule has 0 aromatic heterocycles. The van der Waals surface area contributed by atoms with Crippen LogP contribution in [0.5, 0.6) is 17.2 Å². The van der Waals surface area contributed by atoms with Crippen LogP contribution in [0.1, 0.15) is 38.2 Å². The van der Waals surface area contributed by atoms with Gasteiger partial charge in [0.25, 0.3) is 0 Å². The molecule has 1 aliphatic carbocycles. The maximum atomic E-state index is 13.2. The van der Waals surface area contributed by atoms with Crippen molar-refractivity contribution in [3.8, 4) is 17.2 Å². The topological polar surface area (TPSA) is 106 Å². The Bertz CT molecular complexity index is 958. The molecule has 0 spiro atoms. The molecule has 1 aromatic rings. The molecule has 0 amide bonds. The molecular weight excluding hydrogens is 390 g/mol. The minimum absolute atomic E-state index is 0.0508. The van der Waals surface area contributed by atoms with Crippen molar-refractivity contribution in [2.45, 2.75) is 32.6 Å². The van der Waals surface area contributed by atoms with Crippen LogP contribution in [0.25, 0.3) is 0 Å². The Labute approximate surface area is 175 Å². The fourth-order valence-electron chi connectivity index (χ4n) is 4.08. The highest BCUT2D eigenvalue weighted by Crippen LogP contribution is 2.51. The highest BCUT2D eigenvalue weighted by atomic mass is 16.5. The van der Waals surface area contributed by atoms with Crippen LogP contribution in [-0.4, -0.2) is 40.2 Å². The predicted molar refractivity (Wildman–Crippen MR) is 108 cm³/mol. The van der Waals surface area contributed by atoms with Gasteiger partial charge in [-0.2, -0.15) is 0 Å². The summed E-state index contributed by atoms with van der Waals surface area (Å²) in [7, 11) is 5.76. The number of hydrogen-bond acceptors (Lipinski definition) is 8. The van der Waals surface area contributed by atoms with E-state index in [0.29, 0.717) is 47.0 Å². The number of carbonyl (C=O) groups is 2. The number of benzene rings is 1. The molecule has 0 saturated heterocycles. The molecular formula is C22H27NO7. The van der Waals surface area contributed by atoms with Gasteiger partial charge >= 0.3 is 5.97 Å². The maximum Gasteiger partial charge on any atom is 0.340 e. The third-order valence-corrected chi connectivity index (χ3v) is 5.41. The van der Waals surface area contributed by atoms with Crippen LogP contribution in [0.3, 0.4) is 0 Å². The second-order valence-corrected chi connectivity index (χ2v) is 8.03. The minimum atomic E-state index is -0.820. The van der Waals surface area contributed by atoms with Gasteiger partial charge in [-0.05, 0) is 11.5 Å². The average Bonchev–Trinajstić information content (AvgIpc) is 2.70. The fraction of sp³-hybridized carbons (Fsp3) is 0.455. The molecule has 1 heterocycles. The highest BCUT2D eigenvalue weighted by molar-refractivity contribution is 6.03. The first-order chi connectivity index (χ1) is 14.2. The number of Topliss-reactive ketones (excluding diaryl/α,β-unsaturated/α-hetero) is 1. The standard InChI is InChI=1S/C22H27NO7/c1-22(2)9-12(24)18-16(10-22)30-20(23)19(21(25)29-6)17(18)11-7-14(27-4)15(28-5)8-13(11)26-3/h7-8,17H,9-10,23H2,1-6H3. The van der Waals surface area contributed by atoms with E-state index in [1.165, 1.54) is 28.4 Å². The van der Waals surface area contributed by atoms with E-state index < -0.39 is 11.9 Å². The molecule has 0 bridgehead atoms. The normalized spacial score (nSPS) is 20.3. The summed E-state index contributed by atoms with van der Waals surface area (Å²) in [5.74, 6) is 0.0461. The summed E-state index contributed by atoms with van der Waals surface area (Å²) in [6.45, 7) is 3.97. The predicted octanol–water partition coefficient (Wildman–Crippen LogP) is 2.81. The number of allylic oxidation sites excluding steroid dienone is 2. The van der Waals surface area contributed by atoms with E-state index in [0.717, 1.165) is 0 Å². The molecule has 2 aliphatic rings. The summed E-state index contributed by atoms with van der Waals surface area (Å²) in [6, 6.07) is 3.33. The van der Waals surface area contributed by atoms with Crippen LogP contribution >= 0.6 is 0 Å². The van der Waals surface area contributed by atoms with E-state index in [9.17, 15) is 9.59 Å². The first-order valence-corrected chi connectivity index (χ1v) is 9.49. The smallest absolute Gasteiger partial charge is 0.340 e. The second kappa shape index (κ2) is 7.93. The summed E-state index contributed by atoms with van der Waals surface area (Å²) in [4.78, 5) is 25.9. The van der Waals surface area contributed by atoms with Crippen LogP contribution in [0.15, 0.2) is 34.9 Å². The SMILES string of the molecule is COC(=O)C1=C(N)OC2=C(C(=O)CC(C)(C)C2)C1c1cc(OC)c(OC)cc1OC. The lowest BCUT2D eigenvalue weighted by atomic mass is 9.70. The first kappa shape index (κ1) is 21.5. The van der Waals surface area contributed by atoms with Crippen molar-refractivity contribution in [2.24, 2.45) is 11.1 Å². The lowest BCUT2D eigenvalue weighted by molar-refractivity contribution is -0.136. The van der Waals surface area contributed by atoms with Crippen LogP contribution in [-0.2, 0) is 19.1 Å². The van der Waals surface area contributed by atoms with Crippen molar-refractivity contribution >= 4 is 11.8 Å². The molecule has 1 aromatic carbocycles. The van der Waals surface area contributed by atoms with E-state index in [1.807, 2.05) is 13.8 Å². The Kier molecular flexibility index (Phi) is 5.70. The lowest BCUT2D eigenvalue weighted by Gasteiger charge is -2.38. The molecule has 1 atom stereocenters. The molecule has 8 heteroatoms. The molecule has 0 saturated carbocycles. The van der Waals surface area contributed by atoms with Gasteiger partial charge in [-0.1, -0.05) is 13.8 Å². The lowest BCUT2D eigenvalue weighted by Crippen LogP contribution is -2.35. The van der Waals surface area contributed by atoms with E-state index in [2.05, 4.69) is 0 Å². The van der Waals surface area contributed by atoms with E-state index in [1.54, 1.807) is 12.1 Å². The van der Waals surface area contributed by atoms with Gasteiger partial charge in [-0.25, -0.2) is 4.79 Å². The quantitative estimate of drug-likeness (QED) is 0.729. The zero-order chi connectivity index (χ0) is 22.2. The van der Waals surface area contributed by atoms with Gasteiger partial charge in [0, 0.05) is 30.0 Å². The van der Waals surface area contributed by atoms with Gasteiger partial charge in [0.05, 0.1) is 34.4 Å². The van der Waals surface area contributed by atoms with Crippen molar-refractivity contribution in [3.63, 3.8) is 0 Å². The Morgan fingerprint density at radius 1 is 1.03 bits per heavy atom.